The molecule has 0 spiro atoms. The van der Waals surface area contributed by atoms with Gasteiger partial charge in [0.25, 0.3) is 0 Å². The third kappa shape index (κ3) is 4.97. The molecule has 0 radical (unpaired) electrons. The monoisotopic (exact) mass is 238 g/mol. The molecule has 1 saturated carbocycles. The Kier molecular flexibility index (Phi) is 5.79. The average Bonchev–Trinajstić information content (AvgIpc) is 3.19. The maximum atomic E-state index is 3.55. The molecule has 1 heterocycles. The van der Waals surface area contributed by atoms with Gasteiger partial charge in [0.05, 0.1) is 0 Å². The maximum absolute atomic E-state index is 3.55. The standard InChI is InChI=1S/C15H30N2/c1-2-3-4-5-11-17(15-8-9-15)13-14-7-6-10-16-12-14/h14-16H,2-13H2,1H3. The highest BCUT2D eigenvalue weighted by Gasteiger charge is 2.30. The molecule has 2 rings (SSSR count). The summed E-state index contributed by atoms with van der Waals surface area (Å²) >= 11 is 0. The summed E-state index contributed by atoms with van der Waals surface area (Å²) in [7, 11) is 0. The quantitative estimate of drug-likeness (QED) is 0.654. The first-order valence-corrected chi connectivity index (χ1v) is 7.85. The molecule has 100 valence electrons. The number of nitrogens with one attached hydrogen (secondary N) is 1. The van der Waals surface area contributed by atoms with Crippen molar-refractivity contribution in [3.63, 3.8) is 0 Å². The molecule has 0 aromatic rings. The maximum Gasteiger partial charge on any atom is 0.00965 e. The van der Waals surface area contributed by atoms with Crippen LogP contribution >= 0.6 is 0 Å². The van der Waals surface area contributed by atoms with E-state index in [4.69, 9.17) is 0 Å². The zero-order valence-corrected chi connectivity index (χ0v) is 11.6. The zero-order chi connectivity index (χ0) is 11.9. The highest BCUT2D eigenvalue weighted by atomic mass is 15.2. The van der Waals surface area contributed by atoms with Crippen LogP contribution in [0, 0.1) is 5.92 Å². The molecular weight excluding hydrogens is 208 g/mol. The van der Waals surface area contributed by atoms with Crippen LogP contribution in [0.4, 0.5) is 0 Å². The van der Waals surface area contributed by atoms with E-state index >= 15 is 0 Å². The molecule has 0 bridgehead atoms. The molecule has 17 heavy (non-hydrogen) atoms. The number of nitrogens with zero attached hydrogens (tertiary/aromatic N) is 1. The summed E-state index contributed by atoms with van der Waals surface area (Å²) in [5.41, 5.74) is 0. The molecule has 1 aliphatic heterocycles. The second-order valence-corrected chi connectivity index (χ2v) is 6.00. The van der Waals surface area contributed by atoms with E-state index in [9.17, 15) is 0 Å². The van der Waals surface area contributed by atoms with Crippen molar-refractivity contribution in [1.82, 2.24) is 10.2 Å². The number of rotatable bonds is 8. The Morgan fingerprint density at radius 1 is 1.12 bits per heavy atom. The van der Waals surface area contributed by atoms with E-state index in [1.807, 2.05) is 0 Å². The van der Waals surface area contributed by atoms with Crippen LogP contribution < -0.4 is 5.32 Å². The molecule has 1 atom stereocenters. The molecule has 2 heteroatoms. The predicted octanol–water partition coefficient (Wildman–Crippen LogP) is 3.03. The summed E-state index contributed by atoms with van der Waals surface area (Å²) in [4.78, 5) is 2.80. The molecule has 1 saturated heterocycles. The van der Waals surface area contributed by atoms with Crippen LogP contribution in [0.5, 0.6) is 0 Å². The molecule has 2 fully saturated rings. The normalized spacial score (nSPS) is 25.4. The fraction of sp³-hybridized carbons (Fsp3) is 1.00. The molecule has 0 amide bonds. The van der Waals surface area contributed by atoms with Crippen molar-refractivity contribution in [2.24, 2.45) is 5.92 Å². The van der Waals surface area contributed by atoms with E-state index in [0.29, 0.717) is 0 Å². The van der Waals surface area contributed by atoms with Gasteiger partial charge in [-0.05, 0) is 57.7 Å². The Morgan fingerprint density at radius 2 is 2.00 bits per heavy atom. The van der Waals surface area contributed by atoms with Crippen LogP contribution in [0.15, 0.2) is 0 Å². The minimum Gasteiger partial charge on any atom is -0.316 e. The van der Waals surface area contributed by atoms with E-state index in [-0.39, 0.29) is 0 Å². The van der Waals surface area contributed by atoms with Crippen LogP contribution in [0.2, 0.25) is 0 Å². The largest absolute Gasteiger partial charge is 0.316 e. The molecule has 0 aromatic heterocycles. The fourth-order valence-electron chi connectivity index (χ4n) is 3.02. The molecular formula is C15H30N2. The van der Waals surface area contributed by atoms with Gasteiger partial charge in [-0.1, -0.05) is 26.2 Å². The van der Waals surface area contributed by atoms with E-state index in [0.717, 1.165) is 12.0 Å². The first-order valence-electron chi connectivity index (χ1n) is 7.85. The van der Waals surface area contributed by atoms with Gasteiger partial charge in [-0.25, -0.2) is 0 Å². The molecule has 0 aromatic carbocycles. The van der Waals surface area contributed by atoms with Crippen LogP contribution in [0.3, 0.4) is 0 Å². The summed E-state index contributed by atoms with van der Waals surface area (Å²) in [5.74, 6) is 0.926. The van der Waals surface area contributed by atoms with Gasteiger partial charge < -0.3 is 10.2 Å². The number of hydrogen-bond donors (Lipinski definition) is 1. The summed E-state index contributed by atoms with van der Waals surface area (Å²) in [5, 5.41) is 3.55. The Balaban J connectivity index is 1.65. The van der Waals surface area contributed by atoms with Crippen LogP contribution in [-0.2, 0) is 0 Å². The van der Waals surface area contributed by atoms with Crippen molar-refractivity contribution in [1.29, 1.82) is 0 Å². The summed E-state index contributed by atoms with van der Waals surface area (Å²) in [6.45, 7) is 7.53. The number of piperidine rings is 1. The third-order valence-corrected chi connectivity index (χ3v) is 4.25. The van der Waals surface area contributed by atoms with Crippen LogP contribution in [-0.4, -0.2) is 37.1 Å². The van der Waals surface area contributed by atoms with E-state index in [2.05, 4.69) is 17.1 Å². The Hall–Kier alpha value is -0.0800. The third-order valence-electron chi connectivity index (χ3n) is 4.25. The summed E-state index contributed by atoms with van der Waals surface area (Å²) in [6.07, 6.45) is 11.4. The van der Waals surface area contributed by atoms with Gasteiger partial charge in [0.2, 0.25) is 0 Å². The SMILES string of the molecule is CCCCCCN(CC1CCCNC1)C1CC1. The van der Waals surface area contributed by atoms with Gasteiger partial charge in [-0.15, -0.1) is 0 Å². The Morgan fingerprint density at radius 3 is 2.65 bits per heavy atom. The van der Waals surface area contributed by atoms with Crippen molar-refractivity contribution in [3.05, 3.63) is 0 Å². The second kappa shape index (κ2) is 7.38. The van der Waals surface area contributed by atoms with Crippen LogP contribution in [0.1, 0.15) is 58.3 Å². The number of hydrogen-bond acceptors (Lipinski definition) is 2. The first-order chi connectivity index (χ1) is 8.40. The minimum absolute atomic E-state index is 0.926. The van der Waals surface area contributed by atoms with E-state index in [1.54, 1.807) is 0 Å². The molecule has 2 nitrogen and oxygen atoms in total. The highest BCUT2D eigenvalue weighted by Crippen LogP contribution is 2.28. The molecule has 1 aliphatic carbocycles. The Bertz CT molecular complexity index is 195. The van der Waals surface area contributed by atoms with Crippen molar-refractivity contribution in [2.75, 3.05) is 26.2 Å². The lowest BCUT2D eigenvalue weighted by Crippen LogP contribution is -2.39. The van der Waals surface area contributed by atoms with Crippen molar-refractivity contribution < 1.29 is 0 Å². The smallest absolute Gasteiger partial charge is 0.00965 e. The van der Waals surface area contributed by atoms with Gasteiger partial charge in [0.1, 0.15) is 0 Å². The zero-order valence-electron chi connectivity index (χ0n) is 11.6. The lowest BCUT2D eigenvalue weighted by atomic mass is 9.99. The van der Waals surface area contributed by atoms with Crippen molar-refractivity contribution >= 4 is 0 Å². The lowest BCUT2D eigenvalue weighted by Gasteiger charge is -2.30. The molecule has 1 unspecified atom stereocenters. The second-order valence-electron chi connectivity index (χ2n) is 6.00. The summed E-state index contributed by atoms with van der Waals surface area (Å²) in [6, 6.07) is 0.957. The van der Waals surface area contributed by atoms with Crippen molar-refractivity contribution in [2.45, 2.75) is 64.3 Å². The number of unbranched alkanes of at least 4 members (excludes halogenated alkanes) is 3. The fourth-order valence-corrected chi connectivity index (χ4v) is 3.02. The minimum atomic E-state index is 0.926. The van der Waals surface area contributed by atoms with Gasteiger partial charge in [0.15, 0.2) is 0 Å². The van der Waals surface area contributed by atoms with E-state index < -0.39 is 0 Å². The van der Waals surface area contributed by atoms with Gasteiger partial charge in [-0.2, -0.15) is 0 Å². The van der Waals surface area contributed by atoms with Crippen LogP contribution in [0.25, 0.3) is 0 Å². The van der Waals surface area contributed by atoms with Gasteiger partial charge in [-0.3, -0.25) is 0 Å². The molecule has 2 aliphatic rings. The Labute approximate surface area is 107 Å². The molecule has 1 N–H and O–H groups in total. The lowest BCUT2D eigenvalue weighted by molar-refractivity contribution is 0.196. The first kappa shape index (κ1) is 13.4. The van der Waals surface area contributed by atoms with Gasteiger partial charge >= 0.3 is 0 Å². The average molecular weight is 238 g/mol. The van der Waals surface area contributed by atoms with Crippen molar-refractivity contribution in [3.8, 4) is 0 Å². The highest BCUT2D eigenvalue weighted by molar-refractivity contribution is 4.86. The predicted molar refractivity (Wildman–Crippen MR) is 74.3 cm³/mol. The topological polar surface area (TPSA) is 15.3 Å². The van der Waals surface area contributed by atoms with Gasteiger partial charge in [0, 0.05) is 12.6 Å². The van der Waals surface area contributed by atoms with E-state index in [1.165, 1.54) is 77.5 Å². The summed E-state index contributed by atoms with van der Waals surface area (Å²) < 4.78 is 0.